The third-order valence-electron chi connectivity index (χ3n) is 3.52. The van der Waals surface area contributed by atoms with E-state index in [1.54, 1.807) is 0 Å². The van der Waals surface area contributed by atoms with Crippen LogP contribution in [-0.2, 0) is 4.79 Å². The minimum Gasteiger partial charge on any atom is -0.480 e. The molecule has 1 aliphatic heterocycles. The van der Waals surface area contributed by atoms with Crippen molar-refractivity contribution in [3.63, 3.8) is 0 Å². The van der Waals surface area contributed by atoms with Gasteiger partial charge >= 0.3 is 12.0 Å². The van der Waals surface area contributed by atoms with Crippen molar-refractivity contribution in [3.8, 4) is 0 Å². The Hall–Kier alpha value is -1.63. The number of carboxylic acid groups (broad SMARTS) is 1. The number of hydrogen-bond donors (Lipinski definition) is 2. The number of amides is 2. The lowest BCUT2D eigenvalue weighted by atomic mass is 10.00. The summed E-state index contributed by atoms with van der Waals surface area (Å²) in [6.07, 6.45) is 1.06. The van der Waals surface area contributed by atoms with Crippen LogP contribution in [0.4, 0.5) is 14.9 Å². The molecule has 1 saturated heterocycles. The minimum absolute atomic E-state index is 0.382. The van der Waals surface area contributed by atoms with Crippen molar-refractivity contribution in [1.29, 1.82) is 0 Å². The lowest BCUT2D eigenvalue weighted by molar-refractivity contribution is -0.146. The Morgan fingerprint density at radius 2 is 2.20 bits per heavy atom. The molecule has 7 heteroatoms. The second kappa shape index (κ2) is 5.40. The molecular formula is C13H14BrFN2O3. The van der Waals surface area contributed by atoms with E-state index in [9.17, 15) is 19.1 Å². The Morgan fingerprint density at radius 3 is 2.80 bits per heavy atom. The number of aliphatic carboxylic acids is 1. The summed E-state index contributed by atoms with van der Waals surface area (Å²) >= 11 is 3.15. The van der Waals surface area contributed by atoms with E-state index in [4.69, 9.17) is 0 Å². The van der Waals surface area contributed by atoms with Crippen molar-refractivity contribution < 1.29 is 19.1 Å². The molecule has 5 nitrogen and oxygen atoms in total. The number of urea groups is 1. The van der Waals surface area contributed by atoms with Gasteiger partial charge in [-0.1, -0.05) is 0 Å². The fourth-order valence-corrected chi connectivity index (χ4v) is 2.73. The number of nitrogens with zero attached hydrogens (tertiary/aromatic N) is 1. The van der Waals surface area contributed by atoms with Crippen molar-refractivity contribution in [1.82, 2.24) is 4.90 Å². The molecule has 108 valence electrons. The molecule has 1 fully saturated rings. The Balaban J connectivity index is 2.18. The second-order valence-electron chi connectivity index (χ2n) is 4.89. The average molecular weight is 345 g/mol. The van der Waals surface area contributed by atoms with Crippen LogP contribution >= 0.6 is 15.9 Å². The standard InChI is InChI=1S/C13H14BrFN2O3/c1-13(11(18)19)5-2-6-17(13)12(20)16-10-4-3-8(15)7-9(10)14/h3-4,7H,2,5-6H2,1H3,(H,16,20)(H,18,19). The molecule has 0 aliphatic carbocycles. The van der Waals surface area contributed by atoms with Gasteiger partial charge < -0.3 is 15.3 Å². The molecule has 1 unspecified atom stereocenters. The number of nitrogens with one attached hydrogen (secondary N) is 1. The predicted molar refractivity (Wildman–Crippen MR) is 75.1 cm³/mol. The third kappa shape index (κ3) is 2.63. The second-order valence-corrected chi connectivity index (χ2v) is 5.74. The maximum Gasteiger partial charge on any atom is 0.329 e. The van der Waals surface area contributed by atoms with Gasteiger partial charge in [0.2, 0.25) is 0 Å². The molecule has 1 aromatic carbocycles. The lowest BCUT2D eigenvalue weighted by Gasteiger charge is -2.31. The first-order valence-electron chi connectivity index (χ1n) is 6.11. The fourth-order valence-electron chi connectivity index (χ4n) is 2.28. The van der Waals surface area contributed by atoms with Crippen molar-refractivity contribution >= 4 is 33.6 Å². The molecule has 2 rings (SSSR count). The van der Waals surface area contributed by atoms with E-state index in [2.05, 4.69) is 21.2 Å². The predicted octanol–water partition coefficient (Wildman–Crippen LogP) is 3.06. The first kappa shape index (κ1) is 14.8. The monoisotopic (exact) mass is 344 g/mol. The number of benzene rings is 1. The molecule has 0 saturated carbocycles. The summed E-state index contributed by atoms with van der Waals surface area (Å²) in [7, 11) is 0. The molecule has 0 spiro atoms. The zero-order valence-corrected chi connectivity index (χ0v) is 12.4. The zero-order valence-electron chi connectivity index (χ0n) is 10.8. The summed E-state index contributed by atoms with van der Waals surface area (Å²) < 4.78 is 13.4. The van der Waals surface area contributed by atoms with Gasteiger partial charge in [-0.2, -0.15) is 0 Å². The van der Waals surface area contributed by atoms with E-state index in [0.29, 0.717) is 29.5 Å². The summed E-state index contributed by atoms with van der Waals surface area (Å²) in [6, 6.07) is 3.38. The summed E-state index contributed by atoms with van der Waals surface area (Å²) in [6.45, 7) is 1.91. The number of halogens is 2. The first-order valence-corrected chi connectivity index (χ1v) is 6.91. The van der Waals surface area contributed by atoms with Crippen molar-refractivity contribution in [3.05, 3.63) is 28.5 Å². The Labute approximate surface area is 123 Å². The molecule has 1 heterocycles. The van der Waals surface area contributed by atoms with Crippen LogP contribution in [0.25, 0.3) is 0 Å². The summed E-state index contributed by atoms with van der Waals surface area (Å²) in [5.74, 6) is -1.45. The van der Waals surface area contributed by atoms with Crippen molar-refractivity contribution in [2.24, 2.45) is 0 Å². The molecule has 0 bridgehead atoms. The molecule has 2 amide bonds. The summed E-state index contributed by atoms with van der Waals surface area (Å²) in [4.78, 5) is 24.8. The van der Waals surface area contributed by atoms with Gasteiger partial charge in [0.15, 0.2) is 0 Å². The summed E-state index contributed by atoms with van der Waals surface area (Å²) in [5.41, 5.74) is -0.799. The maximum absolute atomic E-state index is 13.0. The van der Waals surface area contributed by atoms with E-state index in [0.717, 1.165) is 0 Å². The highest BCUT2D eigenvalue weighted by Crippen LogP contribution is 2.31. The van der Waals surface area contributed by atoms with Crippen LogP contribution in [-0.4, -0.2) is 34.1 Å². The van der Waals surface area contributed by atoms with Gasteiger partial charge in [0.05, 0.1) is 5.69 Å². The lowest BCUT2D eigenvalue weighted by Crippen LogP contribution is -2.52. The van der Waals surface area contributed by atoms with E-state index in [-0.39, 0.29) is 0 Å². The van der Waals surface area contributed by atoms with Crippen LogP contribution in [0, 0.1) is 5.82 Å². The van der Waals surface area contributed by atoms with Gasteiger partial charge in [-0.15, -0.1) is 0 Å². The number of likely N-dealkylation sites (tertiary alicyclic amines) is 1. The van der Waals surface area contributed by atoms with E-state index < -0.39 is 23.4 Å². The molecule has 1 aliphatic rings. The molecule has 0 radical (unpaired) electrons. The molecule has 0 aromatic heterocycles. The highest BCUT2D eigenvalue weighted by molar-refractivity contribution is 9.10. The Morgan fingerprint density at radius 1 is 1.50 bits per heavy atom. The largest absolute Gasteiger partial charge is 0.480 e. The van der Waals surface area contributed by atoms with Crippen molar-refractivity contribution in [2.75, 3.05) is 11.9 Å². The van der Waals surface area contributed by atoms with E-state index in [1.165, 1.54) is 30.0 Å². The van der Waals surface area contributed by atoms with Gasteiger partial charge in [0.1, 0.15) is 11.4 Å². The highest BCUT2D eigenvalue weighted by Gasteiger charge is 2.46. The zero-order chi connectivity index (χ0) is 14.9. The van der Waals surface area contributed by atoms with E-state index >= 15 is 0 Å². The minimum atomic E-state index is -1.20. The van der Waals surface area contributed by atoms with Crippen molar-refractivity contribution in [2.45, 2.75) is 25.3 Å². The molecule has 20 heavy (non-hydrogen) atoms. The molecule has 1 aromatic rings. The molecular weight excluding hydrogens is 331 g/mol. The number of carbonyl (C=O) groups is 2. The smallest absolute Gasteiger partial charge is 0.329 e. The van der Waals surface area contributed by atoms with Crippen LogP contribution in [0.1, 0.15) is 19.8 Å². The Kier molecular flexibility index (Phi) is 3.99. The SMILES string of the molecule is CC1(C(=O)O)CCCN1C(=O)Nc1ccc(F)cc1Br. The third-order valence-corrected chi connectivity index (χ3v) is 4.18. The van der Waals surface area contributed by atoms with Gasteiger partial charge in [-0.25, -0.2) is 14.0 Å². The first-order chi connectivity index (χ1) is 9.34. The number of hydrogen-bond acceptors (Lipinski definition) is 2. The van der Waals surface area contributed by atoms with Crippen LogP contribution in [0.2, 0.25) is 0 Å². The van der Waals surface area contributed by atoms with Crippen LogP contribution in [0.5, 0.6) is 0 Å². The highest BCUT2D eigenvalue weighted by atomic mass is 79.9. The Bertz CT molecular complexity index is 567. The number of rotatable bonds is 2. The van der Waals surface area contributed by atoms with Gasteiger partial charge in [0.25, 0.3) is 0 Å². The average Bonchev–Trinajstić information content (AvgIpc) is 2.76. The normalized spacial score (nSPS) is 21.9. The van der Waals surface area contributed by atoms with Gasteiger partial charge in [-0.05, 0) is 53.9 Å². The number of carboxylic acids is 1. The van der Waals surface area contributed by atoms with Gasteiger partial charge in [0, 0.05) is 11.0 Å². The number of carbonyl (C=O) groups excluding carboxylic acids is 1. The quantitative estimate of drug-likeness (QED) is 0.866. The number of anilines is 1. The maximum atomic E-state index is 13.0. The topological polar surface area (TPSA) is 69.6 Å². The fraction of sp³-hybridized carbons (Fsp3) is 0.385. The van der Waals surface area contributed by atoms with Crippen LogP contribution < -0.4 is 5.32 Å². The molecule has 1 atom stereocenters. The van der Waals surface area contributed by atoms with Crippen LogP contribution in [0.15, 0.2) is 22.7 Å². The van der Waals surface area contributed by atoms with E-state index in [1.807, 2.05) is 0 Å². The van der Waals surface area contributed by atoms with Crippen LogP contribution in [0.3, 0.4) is 0 Å². The van der Waals surface area contributed by atoms with Gasteiger partial charge in [-0.3, -0.25) is 0 Å². The molecule has 2 N–H and O–H groups in total. The summed E-state index contributed by atoms with van der Waals surface area (Å²) in [5, 5.41) is 11.9.